The van der Waals surface area contributed by atoms with E-state index in [-0.39, 0.29) is 18.0 Å². The molecule has 144 valence electrons. The van der Waals surface area contributed by atoms with Crippen LogP contribution in [0.4, 0.5) is 5.95 Å². The predicted molar refractivity (Wildman–Crippen MR) is 110 cm³/mol. The van der Waals surface area contributed by atoms with Crippen LogP contribution in [-0.2, 0) is 20.0 Å². The van der Waals surface area contributed by atoms with Gasteiger partial charge >= 0.3 is 0 Å². The van der Waals surface area contributed by atoms with Crippen molar-refractivity contribution in [3.8, 4) is 12.3 Å². The van der Waals surface area contributed by atoms with Crippen molar-refractivity contribution in [1.82, 2.24) is 19.1 Å². The average molecular weight is 376 g/mol. The molecule has 0 aliphatic carbocycles. The molecule has 1 unspecified atom stereocenters. The van der Waals surface area contributed by atoms with Crippen LogP contribution in [0.3, 0.4) is 0 Å². The van der Waals surface area contributed by atoms with Gasteiger partial charge in [-0.05, 0) is 18.4 Å². The maximum absolute atomic E-state index is 13.1. The first kappa shape index (κ1) is 18.3. The van der Waals surface area contributed by atoms with Crippen LogP contribution < -0.4 is 16.2 Å². The van der Waals surface area contributed by atoms with E-state index in [1.165, 1.54) is 4.57 Å². The lowest BCUT2D eigenvalue weighted by Crippen LogP contribution is -2.44. The molecule has 1 aromatic carbocycles. The van der Waals surface area contributed by atoms with E-state index >= 15 is 0 Å². The molecule has 0 radical (unpaired) electrons. The van der Waals surface area contributed by atoms with Gasteiger partial charge in [0.25, 0.3) is 5.56 Å². The Bertz CT molecular complexity index is 1090. The molecule has 3 heterocycles. The number of aromatic nitrogens is 4. The molecule has 7 nitrogen and oxygen atoms in total. The molecule has 0 spiro atoms. The first-order valence-electron chi connectivity index (χ1n) is 9.52. The Morgan fingerprint density at radius 2 is 2.07 bits per heavy atom. The quantitative estimate of drug-likeness (QED) is 0.694. The molecule has 2 N–H and O–H groups in total. The van der Waals surface area contributed by atoms with Crippen molar-refractivity contribution in [3.05, 3.63) is 52.1 Å². The number of benzene rings is 1. The number of anilines is 1. The molecule has 1 aliphatic rings. The first-order chi connectivity index (χ1) is 13.6. The largest absolute Gasteiger partial charge is 0.341 e. The Morgan fingerprint density at radius 1 is 1.29 bits per heavy atom. The number of piperidine rings is 1. The molecule has 28 heavy (non-hydrogen) atoms. The van der Waals surface area contributed by atoms with Gasteiger partial charge in [-0.15, -0.1) is 6.42 Å². The summed E-state index contributed by atoms with van der Waals surface area (Å²) in [6.07, 6.45) is 7.73. The first-order valence-corrected chi connectivity index (χ1v) is 9.52. The Morgan fingerprint density at radius 3 is 2.79 bits per heavy atom. The summed E-state index contributed by atoms with van der Waals surface area (Å²) >= 11 is 0. The summed E-state index contributed by atoms with van der Waals surface area (Å²) in [6.45, 7) is 2.13. The molecule has 2 aromatic heterocycles. The number of imidazole rings is 1. The predicted octanol–water partition coefficient (Wildman–Crippen LogP) is 1.28. The van der Waals surface area contributed by atoms with E-state index < -0.39 is 0 Å². The third kappa shape index (κ3) is 3.27. The standard InChI is InChI=1S/C21H24N6O/c1-3-8-17-23-19-18(20(28)25(17)2)27(13-15-9-5-4-6-10-15)21(24-19)26-12-7-11-16(22)14-26/h1,4-6,9-10,16H,7-8,11-14,22H2,2H3. The normalized spacial score (nSPS) is 17.0. The van der Waals surface area contributed by atoms with Crippen LogP contribution in [0.15, 0.2) is 35.1 Å². The topological polar surface area (TPSA) is 82.0 Å². The highest BCUT2D eigenvalue weighted by Gasteiger charge is 2.25. The van der Waals surface area contributed by atoms with Crippen LogP contribution in [-0.4, -0.2) is 38.2 Å². The van der Waals surface area contributed by atoms with E-state index in [0.717, 1.165) is 37.4 Å². The summed E-state index contributed by atoms with van der Waals surface area (Å²) < 4.78 is 3.49. The van der Waals surface area contributed by atoms with Gasteiger partial charge in [-0.3, -0.25) is 13.9 Å². The zero-order chi connectivity index (χ0) is 19.7. The van der Waals surface area contributed by atoms with Gasteiger partial charge in [0.15, 0.2) is 11.2 Å². The van der Waals surface area contributed by atoms with Crippen LogP contribution in [0.5, 0.6) is 0 Å². The fourth-order valence-electron chi connectivity index (χ4n) is 3.79. The Labute approximate surface area is 163 Å². The molecule has 1 saturated heterocycles. The molecule has 7 heteroatoms. The lowest BCUT2D eigenvalue weighted by Gasteiger charge is -2.31. The monoisotopic (exact) mass is 376 g/mol. The van der Waals surface area contributed by atoms with Gasteiger partial charge in [0.05, 0.1) is 13.0 Å². The molecule has 3 aromatic rings. The lowest BCUT2D eigenvalue weighted by molar-refractivity contribution is 0.495. The number of nitrogens with two attached hydrogens (primary N) is 1. The van der Waals surface area contributed by atoms with E-state index in [9.17, 15) is 4.79 Å². The third-order valence-corrected chi connectivity index (χ3v) is 5.24. The summed E-state index contributed by atoms with van der Waals surface area (Å²) in [5.74, 6) is 3.86. The van der Waals surface area contributed by atoms with Crippen LogP contribution in [0, 0.1) is 12.3 Å². The van der Waals surface area contributed by atoms with Gasteiger partial charge < -0.3 is 10.6 Å². The van der Waals surface area contributed by atoms with Crippen molar-refractivity contribution >= 4 is 17.1 Å². The van der Waals surface area contributed by atoms with Crippen molar-refractivity contribution in [2.24, 2.45) is 12.8 Å². The minimum atomic E-state index is -0.133. The van der Waals surface area contributed by atoms with Gasteiger partial charge in [-0.25, -0.2) is 4.98 Å². The summed E-state index contributed by atoms with van der Waals surface area (Å²) in [6, 6.07) is 10.2. The van der Waals surface area contributed by atoms with Crippen molar-refractivity contribution in [1.29, 1.82) is 0 Å². The highest BCUT2D eigenvalue weighted by atomic mass is 16.1. The van der Waals surface area contributed by atoms with E-state index in [2.05, 4.69) is 15.8 Å². The molecule has 4 rings (SSSR count). The van der Waals surface area contributed by atoms with E-state index in [0.29, 0.717) is 23.5 Å². The van der Waals surface area contributed by atoms with Crippen LogP contribution >= 0.6 is 0 Å². The number of hydrogen-bond acceptors (Lipinski definition) is 5. The fraction of sp³-hybridized carbons (Fsp3) is 0.381. The van der Waals surface area contributed by atoms with Gasteiger partial charge in [0, 0.05) is 26.2 Å². The fourth-order valence-corrected chi connectivity index (χ4v) is 3.79. The molecule has 0 saturated carbocycles. The Kier molecular flexibility index (Phi) is 4.88. The van der Waals surface area contributed by atoms with E-state index in [1.807, 2.05) is 34.9 Å². The smallest absolute Gasteiger partial charge is 0.279 e. The molecule has 1 atom stereocenters. The molecular weight excluding hydrogens is 352 g/mol. The minimum absolute atomic E-state index is 0.103. The van der Waals surface area contributed by atoms with Crippen LogP contribution in [0.1, 0.15) is 24.2 Å². The van der Waals surface area contributed by atoms with Crippen molar-refractivity contribution in [2.75, 3.05) is 18.0 Å². The molecule has 1 aliphatic heterocycles. The number of hydrogen-bond donors (Lipinski definition) is 1. The Balaban J connectivity index is 1.91. The molecule has 0 amide bonds. The van der Waals surface area contributed by atoms with Gasteiger partial charge in [0.2, 0.25) is 5.95 Å². The van der Waals surface area contributed by atoms with Crippen LogP contribution in [0.25, 0.3) is 11.2 Å². The second-order valence-corrected chi connectivity index (χ2v) is 7.28. The molecule has 1 fully saturated rings. The van der Waals surface area contributed by atoms with Crippen molar-refractivity contribution in [2.45, 2.75) is 31.8 Å². The van der Waals surface area contributed by atoms with Gasteiger partial charge in [0.1, 0.15) is 5.82 Å². The van der Waals surface area contributed by atoms with Gasteiger partial charge in [-0.1, -0.05) is 36.3 Å². The molecule has 0 bridgehead atoms. The highest BCUT2D eigenvalue weighted by Crippen LogP contribution is 2.24. The van der Waals surface area contributed by atoms with E-state index in [4.69, 9.17) is 17.1 Å². The lowest BCUT2D eigenvalue weighted by atomic mass is 10.1. The summed E-state index contributed by atoms with van der Waals surface area (Å²) in [7, 11) is 1.71. The zero-order valence-electron chi connectivity index (χ0n) is 16.0. The summed E-state index contributed by atoms with van der Waals surface area (Å²) in [5, 5.41) is 0. The Hall–Kier alpha value is -3.11. The highest BCUT2D eigenvalue weighted by molar-refractivity contribution is 5.74. The van der Waals surface area contributed by atoms with Crippen molar-refractivity contribution in [3.63, 3.8) is 0 Å². The maximum Gasteiger partial charge on any atom is 0.279 e. The number of nitrogens with zero attached hydrogens (tertiary/aromatic N) is 5. The third-order valence-electron chi connectivity index (χ3n) is 5.24. The number of terminal acetylenes is 1. The number of fused-ring (bicyclic) bond motifs is 1. The maximum atomic E-state index is 13.1. The van der Waals surface area contributed by atoms with Crippen LogP contribution in [0.2, 0.25) is 0 Å². The summed E-state index contributed by atoms with van der Waals surface area (Å²) in [5.41, 5.74) is 8.10. The van der Waals surface area contributed by atoms with E-state index in [1.54, 1.807) is 7.05 Å². The second-order valence-electron chi connectivity index (χ2n) is 7.28. The van der Waals surface area contributed by atoms with Gasteiger partial charge in [-0.2, -0.15) is 4.98 Å². The average Bonchev–Trinajstić information content (AvgIpc) is 3.05. The zero-order valence-corrected chi connectivity index (χ0v) is 16.0. The van der Waals surface area contributed by atoms with Crippen molar-refractivity contribution < 1.29 is 0 Å². The second kappa shape index (κ2) is 7.49. The summed E-state index contributed by atoms with van der Waals surface area (Å²) in [4.78, 5) is 24.7. The number of rotatable bonds is 4. The minimum Gasteiger partial charge on any atom is -0.341 e. The molecular formula is C21H24N6O. The SMILES string of the molecule is C#CCc1nc2nc(N3CCCC(N)C3)n(Cc3ccccc3)c2c(=O)n1C.